The van der Waals surface area contributed by atoms with Crippen molar-refractivity contribution in [2.75, 3.05) is 0 Å². The molecule has 0 spiro atoms. The van der Waals surface area contributed by atoms with E-state index < -0.39 is 22.6 Å². The van der Waals surface area contributed by atoms with Gasteiger partial charge in [-0.3, -0.25) is 0 Å². The molecule has 0 amide bonds. The Balaban J connectivity index is 3.22. The Labute approximate surface area is 96.2 Å². The third-order valence-electron chi connectivity index (χ3n) is 2.06. The van der Waals surface area contributed by atoms with Crippen molar-refractivity contribution in [2.24, 2.45) is 5.92 Å². The Morgan fingerprint density at radius 1 is 1.25 bits per heavy atom. The quantitative estimate of drug-likeness (QED) is 0.671. The summed E-state index contributed by atoms with van der Waals surface area (Å²) in [5, 5.41) is -0.481. The van der Waals surface area contributed by atoms with Crippen LogP contribution in [-0.2, 0) is 12.6 Å². The van der Waals surface area contributed by atoms with Crippen molar-refractivity contribution in [2.45, 2.75) is 26.4 Å². The summed E-state index contributed by atoms with van der Waals surface area (Å²) in [5.74, 6) is -0.697. The fraction of sp³-hybridized carbons (Fsp3) is 0.455. The molecule has 1 aromatic carbocycles. The molecule has 0 fully saturated rings. The number of benzene rings is 1. The van der Waals surface area contributed by atoms with E-state index in [0.29, 0.717) is 6.07 Å². The van der Waals surface area contributed by atoms with Crippen LogP contribution in [0.25, 0.3) is 0 Å². The van der Waals surface area contributed by atoms with Crippen LogP contribution in [0.1, 0.15) is 25.0 Å². The van der Waals surface area contributed by atoms with Gasteiger partial charge in [-0.05, 0) is 30.0 Å². The summed E-state index contributed by atoms with van der Waals surface area (Å²) in [7, 11) is 0. The highest BCUT2D eigenvalue weighted by atomic mass is 35.5. The smallest absolute Gasteiger partial charge is 0.205 e. The predicted molar refractivity (Wildman–Crippen MR) is 55.0 cm³/mol. The first-order chi connectivity index (χ1) is 7.21. The average Bonchev–Trinajstić information content (AvgIpc) is 2.10. The van der Waals surface area contributed by atoms with Crippen molar-refractivity contribution in [3.8, 4) is 0 Å². The van der Waals surface area contributed by atoms with Gasteiger partial charge in [0.05, 0.1) is 10.6 Å². The number of alkyl halides is 3. The van der Waals surface area contributed by atoms with E-state index in [1.165, 1.54) is 0 Å². The fourth-order valence-corrected chi connectivity index (χ4v) is 1.64. The van der Waals surface area contributed by atoms with Crippen molar-refractivity contribution >= 4 is 11.6 Å². The van der Waals surface area contributed by atoms with E-state index in [-0.39, 0.29) is 17.9 Å². The maximum absolute atomic E-state index is 13.4. The summed E-state index contributed by atoms with van der Waals surface area (Å²) >= 11 is 5.43. The van der Waals surface area contributed by atoms with Gasteiger partial charge in [0.25, 0.3) is 0 Å². The Morgan fingerprint density at radius 3 is 2.25 bits per heavy atom. The van der Waals surface area contributed by atoms with Crippen LogP contribution in [0.2, 0.25) is 5.02 Å². The van der Waals surface area contributed by atoms with Crippen LogP contribution in [0.15, 0.2) is 12.1 Å². The predicted octanol–water partition coefficient (Wildman–Crippen LogP) is 4.70. The summed E-state index contributed by atoms with van der Waals surface area (Å²) < 4.78 is 50.7. The minimum absolute atomic E-state index is 0.00910. The number of hydrogen-bond acceptors (Lipinski definition) is 0. The molecule has 0 saturated carbocycles. The van der Waals surface area contributed by atoms with Gasteiger partial charge in [0.15, 0.2) is 0 Å². The van der Waals surface area contributed by atoms with Crippen LogP contribution < -0.4 is 0 Å². The Hall–Kier alpha value is -0.770. The van der Waals surface area contributed by atoms with Crippen LogP contribution in [-0.4, -0.2) is 0 Å². The molecule has 0 bridgehead atoms. The van der Waals surface area contributed by atoms with Gasteiger partial charge in [-0.1, -0.05) is 25.4 Å². The molecular formula is C11H11ClF4. The van der Waals surface area contributed by atoms with Gasteiger partial charge < -0.3 is 0 Å². The molecular weight excluding hydrogens is 244 g/mol. The molecule has 0 heterocycles. The lowest BCUT2D eigenvalue weighted by molar-refractivity contribution is -0.137. The lowest BCUT2D eigenvalue weighted by Gasteiger charge is -2.12. The van der Waals surface area contributed by atoms with Crippen LogP contribution in [0, 0.1) is 11.7 Å². The van der Waals surface area contributed by atoms with Crippen molar-refractivity contribution in [3.05, 3.63) is 34.1 Å². The Bertz CT molecular complexity index is 382. The molecule has 0 saturated heterocycles. The van der Waals surface area contributed by atoms with Gasteiger partial charge in [-0.15, -0.1) is 0 Å². The Kier molecular flexibility index (Phi) is 3.84. The lowest BCUT2D eigenvalue weighted by Crippen LogP contribution is -2.08. The van der Waals surface area contributed by atoms with Crippen molar-refractivity contribution < 1.29 is 17.6 Å². The van der Waals surface area contributed by atoms with E-state index >= 15 is 0 Å². The minimum Gasteiger partial charge on any atom is -0.205 e. The molecule has 1 aromatic rings. The summed E-state index contributed by atoms with van der Waals surface area (Å²) in [6, 6.07) is 1.43. The second-order valence-electron chi connectivity index (χ2n) is 4.03. The molecule has 0 N–H and O–H groups in total. The van der Waals surface area contributed by atoms with Gasteiger partial charge in [0.2, 0.25) is 0 Å². The largest absolute Gasteiger partial charge is 0.416 e. The highest BCUT2D eigenvalue weighted by Gasteiger charge is 2.32. The zero-order valence-electron chi connectivity index (χ0n) is 8.83. The maximum Gasteiger partial charge on any atom is 0.416 e. The first-order valence-corrected chi connectivity index (χ1v) is 5.14. The van der Waals surface area contributed by atoms with E-state index in [1.807, 2.05) is 0 Å². The molecule has 0 unspecified atom stereocenters. The van der Waals surface area contributed by atoms with E-state index in [4.69, 9.17) is 11.6 Å². The van der Waals surface area contributed by atoms with Crippen LogP contribution in [0.4, 0.5) is 17.6 Å². The second-order valence-corrected chi connectivity index (χ2v) is 4.43. The highest BCUT2D eigenvalue weighted by molar-refractivity contribution is 6.30. The van der Waals surface area contributed by atoms with Gasteiger partial charge >= 0.3 is 6.18 Å². The zero-order valence-corrected chi connectivity index (χ0v) is 9.58. The van der Waals surface area contributed by atoms with Crippen LogP contribution in [0.5, 0.6) is 0 Å². The molecule has 0 radical (unpaired) electrons. The first-order valence-electron chi connectivity index (χ1n) is 4.77. The molecule has 0 aliphatic heterocycles. The number of halogens is 5. The molecule has 0 aromatic heterocycles. The molecule has 0 aliphatic carbocycles. The summed E-state index contributed by atoms with van der Waals surface area (Å²) in [5.41, 5.74) is -0.899. The monoisotopic (exact) mass is 254 g/mol. The van der Waals surface area contributed by atoms with E-state index in [0.717, 1.165) is 6.07 Å². The normalized spacial score (nSPS) is 12.2. The third-order valence-corrected chi connectivity index (χ3v) is 2.33. The highest BCUT2D eigenvalue weighted by Crippen LogP contribution is 2.34. The maximum atomic E-state index is 13.4. The van der Waals surface area contributed by atoms with E-state index in [2.05, 4.69) is 0 Å². The first kappa shape index (κ1) is 13.3. The fourth-order valence-electron chi connectivity index (χ4n) is 1.40. The molecule has 0 nitrogen and oxygen atoms in total. The molecule has 5 heteroatoms. The van der Waals surface area contributed by atoms with Crippen LogP contribution in [0.3, 0.4) is 0 Å². The molecule has 90 valence electrons. The van der Waals surface area contributed by atoms with E-state index in [9.17, 15) is 17.6 Å². The van der Waals surface area contributed by atoms with Crippen molar-refractivity contribution in [3.63, 3.8) is 0 Å². The standard InChI is InChI=1S/C11H11ClF4/c1-6(2)3-7-4-8(11(14,15)16)5-9(12)10(7)13/h4-6H,3H2,1-2H3. The molecule has 1 rings (SSSR count). The number of rotatable bonds is 2. The molecule has 0 aliphatic rings. The summed E-state index contributed by atoms with van der Waals surface area (Å²) in [6.45, 7) is 3.60. The van der Waals surface area contributed by atoms with Gasteiger partial charge in [0.1, 0.15) is 5.82 Å². The van der Waals surface area contributed by atoms with Gasteiger partial charge in [-0.25, -0.2) is 4.39 Å². The van der Waals surface area contributed by atoms with Gasteiger partial charge in [0, 0.05) is 0 Å². The van der Waals surface area contributed by atoms with Crippen molar-refractivity contribution in [1.82, 2.24) is 0 Å². The zero-order chi connectivity index (χ0) is 12.5. The van der Waals surface area contributed by atoms with Crippen molar-refractivity contribution in [1.29, 1.82) is 0 Å². The van der Waals surface area contributed by atoms with Crippen LogP contribution >= 0.6 is 11.6 Å². The second kappa shape index (κ2) is 4.62. The Morgan fingerprint density at radius 2 is 1.81 bits per heavy atom. The van der Waals surface area contributed by atoms with E-state index in [1.54, 1.807) is 13.8 Å². The van der Waals surface area contributed by atoms with Gasteiger partial charge in [-0.2, -0.15) is 13.2 Å². The summed E-state index contributed by atoms with van der Waals surface area (Å²) in [4.78, 5) is 0. The third kappa shape index (κ3) is 3.11. The lowest BCUT2D eigenvalue weighted by atomic mass is 10.00. The summed E-state index contributed by atoms with van der Waals surface area (Å²) in [6.07, 6.45) is -4.27. The number of hydrogen-bond donors (Lipinski definition) is 0. The minimum atomic E-state index is -4.50. The SMILES string of the molecule is CC(C)Cc1cc(C(F)(F)F)cc(Cl)c1F. The average molecular weight is 255 g/mol. The molecule has 0 atom stereocenters. The topological polar surface area (TPSA) is 0 Å². The molecule has 16 heavy (non-hydrogen) atoms.